The Morgan fingerprint density at radius 2 is 0.536 bits per heavy atom. The Morgan fingerprint density at radius 1 is 0.357 bits per heavy atom. The lowest BCUT2D eigenvalue weighted by Gasteiger charge is -2.10. The number of hydrogen-bond donors (Lipinski definition) is 0. The van der Waals surface area contributed by atoms with Crippen LogP contribution in [0.15, 0.2) is 91.0 Å². The summed E-state index contributed by atoms with van der Waals surface area (Å²) in [5.41, 5.74) is 3.74. The van der Waals surface area contributed by atoms with E-state index in [1.54, 1.807) is 0 Å². The Kier molecular flexibility index (Phi) is 13.2. The van der Waals surface area contributed by atoms with Gasteiger partial charge in [0.1, 0.15) is 0 Å². The highest BCUT2D eigenvalue weighted by atomic mass is 31.0. The topological polar surface area (TPSA) is 9.72 Å². The molecule has 0 aliphatic carbocycles. The minimum absolute atomic E-state index is 0. The first kappa shape index (κ1) is 25.5. The van der Waals surface area contributed by atoms with Crippen LogP contribution in [0.5, 0.6) is 0 Å². The highest BCUT2D eigenvalue weighted by Gasteiger charge is 1.89. The molecule has 3 nitrogen and oxygen atoms in total. The summed E-state index contributed by atoms with van der Waals surface area (Å²) in [6.45, 7) is 0. The van der Waals surface area contributed by atoms with Gasteiger partial charge in [-0.1, -0.05) is 54.6 Å². The van der Waals surface area contributed by atoms with Gasteiger partial charge in [-0.25, -0.2) is 0 Å². The summed E-state index contributed by atoms with van der Waals surface area (Å²) in [7, 11) is 12.2. The van der Waals surface area contributed by atoms with Gasteiger partial charge in [0.15, 0.2) is 0 Å². The molecule has 0 amide bonds. The third-order valence-corrected chi connectivity index (χ3v) is 3.82. The Morgan fingerprint density at radius 3 is 0.643 bits per heavy atom. The second-order valence-corrected chi connectivity index (χ2v) is 6.69. The van der Waals surface area contributed by atoms with Gasteiger partial charge in [-0.3, -0.25) is 0 Å². The fraction of sp³-hybridized carbons (Fsp3) is 0.250. The van der Waals surface area contributed by atoms with Gasteiger partial charge < -0.3 is 14.7 Å². The van der Waals surface area contributed by atoms with E-state index in [0.29, 0.717) is 0 Å². The van der Waals surface area contributed by atoms with Crippen molar-refractivity contribution >= 4 is 27.0 Å². The number of rotatable bonds is 3. The van der Waals surface area contributed by atoms with Gasteiger partial charge in [0.2, 0.25) is 0 Å². The van der Waals surface area contributed by atoms with Crippen LogP contribution in [0.1, 0.15) is 0 Å². The Labute approximate surface area is 175 Å². The van der Waals surface area contributed by atoms with Crippen LogP contribution < -0.4 is 14.7 Å². The smallest absolute Gasteiger partial charge is 0.0360 e. The number of nitrogens with zero attached hydrogens (tertiary/aromatic N) is 3. The number of benzene rings is 3. The third kappa shape index (κ3) is 10.6. The Balaban J connectivity index is 0.000000384. The maximum Gasteiger partial charge on any atom is 0.0360 e. The van der Waals surface area contributed by atoms with Crippen molar-refractivity contribution < 1.29 is 0 Å². The molecule has 0 heterocycles. The maximum atomic E-state index is 2.08. The highest BCUT2D eigenvalue weighted by molar-refractivity contribution is 6.92. The molecule has 0 radical (unpaired) electrons. The zero-order valence-corrected chi connectivity index (χ0v) is 19.6. The minimum Gasteiger partial charge on any atom is -0.378 e. The summed E-state index contributed by atoms with van der Waals surface area (Å²) < 4.78 is 0. The lowest BCUT2D eigenvalue weighted by Crippen LogP contribution is -2.07. The van der Waals surface area contributed by atoms with Crippen LogP contribution in [0.3, 0.4) is 0 Å². The number of para-hydroxylation sites is 3. The van der Waals surface area contributed by atoms with E-state index in [1.807, 2.05) is 96.9 Å². The third-order valence-electron chi connectivity index (χ3n) is 3.82. The molecule has 0 saturated carbocycles. The summed E-state index contributed by atoms with van der Waals surface area (Å²) in [6, 6.07) is 30.8. The van der Waals surface area contributed by atoms with E-state index >= 15 is 0 Å². The monoisotopic (exact) mass is 397 g/mol. The summed E-state index contributed by atoms with van der Waals surface area (Å²) in [5.74, 6) is 0. The average molecular weight is 398 g/mol. The highest BCUT2D eigenvalue weighted by Crippen LogP contribution is 2.08. The molecule has 3 aromatic carbocycles. The average Bonchev–Trinajstić information content (AvgIpc) is 2.71. The quantitative estimate of drug-likeness (QED) is 0.554. The Bertz CT molecular complexity index is 611. The molecule has 0 aliphatic rings. The molecule has 0 bridgehead atoms. The standard InChI is InChI=1S/3C8H11N.H3P/c3*1-9(2)8-6-4-3-5-7-8;/h3*3-7H,1-2H3;1H3. The van der Waals surface area contributed by atoms with Crippen LogP contribution in [0.2, 0.25) is 0 Å². The van der Waals surface area contributed by atoms with Crippen LogP contribution >= 0.6 is 9.90 Å². The van der Waals surface area contributed by atoms with Crippen molar-refractivity contribution in [2.75, 3.05) is 57.0 Å². The van der Waals surface area contributed by atoms with E-state index in [-0.39, 0.29) is 9.90 Å². The molecule has 0 aromatic heterocycles. The summed E-state index contributed by atoms with van der Waals surface area (Å²) in [6.07, 6.45) is 0. The first-order valence-electron chi connectivity index (χ1n) is 9.09. The second kappa shape index (κ2) is 14.5. The number of anilines is 3. The van der Waals surface area contributed by atoms with Gasteiger partial charge in [-0.15, -0.1) is 0 Å². The summed E-state index contributed by atoms with van der Waals surface area (Å²) in [5, 5.41) is 0. The molecule has 0 aliphatic heterocycles. The van der Waals surface area contributed by atoms with E-state index in [2.05, 4.69) is 51.1 Å². The zero-order valence-electron chi connectivity index (χ0n) is 18.2. The minimum atomic E-state index is 0. The van der Waals surface area contributed by atoms with Gasteiger partial charge in [0.05, 0.1) is 0 Å². The molecule has 0 saturated heterocycles. The molecule has 4 heteroatoms. The van der Waals surface area contributed by atoms with E-state index in [4.69, 9.17) is 0 Å². The molecule has 3 rings (SSSR count). The van der Waals surface area contributed by atoms with Crippen molar-refractivity contribution in [2.24, 2.45) is 0 Å². The van der Waals surface area contributed by atoms with Gasteiger partial charge in [-0.05, 0) is 36.4 Å². The maximum absolute atomic E-state index is 2.08. The van der Waals surface area contributed by atoms with Crippen molar-refractivity contribution in [3.8, 4) is 0 Å². The molecule has 3 aromatic rings. The van der Waals surface area contributed by atoms with E-state index in [9.17, 15) is 0 Å². The second-order valence-electron chi connectivity index (χ2n) is 6.69. The van der Waals surface area contributed by atoms with Crippen LogP contribution in [0, 0.1) is 0 Å². The lowest BCUT2D eigenvalue weighted by atomic mass is 10.3. The van der Waals surface area contributed by atoms with Crippen molar-refractivity contribution in [1.82, 2.24) is 0 Å². The van der Waals surface area contributed by atoms with Crippen LogP contribution in [0.4, 0.5) is 17.1 Å². The molecular formula is C24H36N3P. The normalized spacial score (nSPS) is 8.79. The molecule has 1 unspecified atom stereocenters. The fourth-order valence-electron chi connectivity index (χ4n) is 2.18. The van der Waals surface area contributed by atoms with Crippen molar-refractivity contribution in [3.63, 3.8) is 0 Å². The predicted octanol–water partition coefficient (Wildman–Crippen LogP) is 5.32. The van der Waals surface area contributed by atoms with Gasteiger partial charge >= 0.3 is 0 Å². The molecule has 28 heavy (non-hydrogen) atoms. The SMILES string of the molecule is CN(C)c1ccccc1.CN(C)c1ccccc1.CN(C)c1ccccc1.P. The lowest BCUT2D eigenvalue weighted by molar-refractivity contribution is 1.13. The van der Waals surface area contributed by atoms with E-state index in [0.717, 1.165) is 0 Å². The summed E-state index contributed by atoms with van der Waals surface area (Å²) >= 11 is 0. The molecule has 152 valence electrons. The van der Waals surface area contributed by atoms with E-state index in [1.165, 1.54) is 17.1 Å². The van der Waals surface area contributed by atoms with Crippen molar-refractivity contribution in [1.29, 1.82) is 0 Å². The molecule has 1 atom stereocenters. The molecular weight excluding hydrogens is 361 g/mol. The number of hydrogen-bond acceptors (Lipinski definition) is 3. The fourth-order valence-corrected chi connectivity index (χ4v) is 2.18. The van der Waals surface area contributed by atoms with Gasteiger partial charge in [0, 0.05) is 59.3 Å². The predicted molar refractivity (Wildman–Crippen MR) is 133 cm³/mol. The van der Waals surface area contributed by atoms with Crippen LogP contribution in [-0.4, -0.2) is 42.3 Å². The largest absolute Gasteiger partial charge is 0.378 e. The Hall–Kier alpha value is -2.51. The molecule has 0 fully saturated rings. The van der Waals surface area contributed by atoms with E-state index < -0.39 is 0 Å². The first-order valence-corrected chi connectivity index (χ1v) is 9.09. The molecule has 0 N–H and O–H groups in total. The zero-order chi connectivity index (χ0) is 20.1. The van der Waals surface area contributed by atoms with Crippen LogP contribution in [-0.2, 0) is 0 Å². The van der Waals surface area contributed by atoms with Crippen LogP contribution in [0.25, 0.3) is 0 Å². The molecule has 0 spiro atoms. The summed E-state index contributed by atoms with van der Waals surface area (Å²) in [4.78, 5) is 6.25. The first-order chi connectivity index (χ1) is 12.9. The van der Waals surface area contributed by atoms with Gasteiger partial charge in [-0.2, -0.15) is 9.90 Å². The van der Waals surface area contributed by atoms with Crippen molar-refractivity contribution in [2.45, 2.75) is 0 Å². The van der Waals surface area contributed by atoms with Crippen molar-refractivity contribution in [3.05, 3.63) is 91.0 Å². The van der Waals surface area contributed by atoms with Gasteiger partial charge in [0.25, 0.3) is 0 Å².